The number of hydrogen-bond acceptors (Lipinski definition) is 3. The van der Waals surface area contributed by atoms with Gasteiger partial charge in [-0.1, -0.05) is 60.7 Å². The molecular weight excluding hydrogens is 236 g/mol. The molecule has 0 amide bonds. The van der Waals surface area contributed by atoms with Gasteiger partial charge in [0.25, 0.3) is 0 Å². The van der Waals surface area contributed by atoms with Crippen LogP contribution in [0.3, 0.4) is 0 Å². The predicted octanol–water partition coefficient (Wildman–Crippen LogP) is 3.96. The number of aromatic nitrogens is 1. The lowest BCUT2D eigenvalue weighted by Crippen LogP contribution is -1.99. The number of benzene rings is 1. The molecule has 1 aliphatic carbocycles. The highest BCUT2D eigenvalue weighted by molar-refractivity contribution is 5.75. The van der Waals surface area contributed by atoms with E-state index >= 15 is 0 Å². The maximum Gasteiger partial charge on any atom is 0.175 e. The highest BCUT2D eigenvalue weighted by Gasteiger charge is 2.22. The van der Waals surface area contributed by atoms with Gasteiger partial charge in [0.2, 0.25) is 0 Å². The zero-order valence-corrected chi connectivity index (χ0v) is 11.4. The van der Waals surface area contributed by atoms with Crippen LogP contribution in [0.15, 0.2) is 28.8 Å². The maximum atomic E-state index is 5.99. The zero-order chi connectivity index (χ0) is 13.2. The van der Waals surface area contributed by atoms with Crippen LogP contribution in [-0.2, 0) is 6.42 Å². The first kappa shape index (κ1) is 12.3. The molecular formula is C16H20N2O. The monoisotopic (exact) mass is 256 g/mol. The Kier molecular flexibility index (Phi) is 3.28. The molecule has 19 heavy (non-hydrogen) atoms. The summed E-state index contributed by atoms with van der Waals surface area (Å²) in [5.74, 6) is 2.20. The molecule has 1 aromatic heterocycles. The predicted molar refractivity (Wildman–Crippen MR) is 76.8 cm³/mol. The van der Waals surface area contributed by atoms with Crippen molar-refractivity contribution in [1.29, 1.82) is 0 Å². The minimum Gasteiger partial charge on any atom is -0.380 e. The summed E-state index contributed by atoms with van der Waals surface area (Å²) in [5, 5.41) is 3.97. The van der Waals surface area contributed by atoms with Gasteiger partial charge in [-0.3, -0.25) is 0 Å². The van der Waals surface area contributed by atoms with Gasteiger partial charge in [-0.25, -0.2) is 0 Å². The summed E-state index contributed by atoms with van der Waals surface area (Å²) in [5.41, 5.74) is 9.33. The summed E-state index contributed by atoms with van der Waals surface area (Å²) in [4.78, 5) is 0. The Hall–Kier alpha value is -1.77. The molecule has 2 aromatic rings. The van der Waals surface area contributed by atoms with Gasteiger partial charge in [0.1, 0.15) is 5.76 Å². The Morgan fingerprint density at radius 3 is 2.84 bits per heavy atom. The molecule has 1 aromatic carbocycles. The van der Waals surface area contributed by atoms with Gasteiger partial charge < -0.3 is 10.3 Å². The summed E-state index contributed by atoms with van der Waals surface area (Å²) in [7, 11) is 0. The number of nitrogens with zero attached hydrogens (tertiary/aromatic N) is 1. The number of anilines is 1. The van der Waals surface area contributed by atoms with Crippen LogP contribution in [0.2, 0.25) is 0 Å². The summed E-state index contributed by atoms with van der Waals surface area (Å²) in [6, 6.07) is 8.36. The smallest absolute Gasteiger partial charge is 0.175 e. The Balaban J connectivity index is 1.93. The fourth-order valence-electron chi connectivity index (χ4n) is 3.06. The number of rotatable bonds is 3. The third kappa shape index (κ3) is 2.50. The average molecular weight is 256 g/mol. The fourth-order valence-corrected chi connectivity index (χ4v) is 3.06. The van der Waals surface area contributed by atoms with Crippen LogP contribution in [0, 0.1) is 12.8 Å². The van der Waals surface area contributed by atoms with E-state index in [1.807, 2.05) is 0 Å². The molecule has 0 saturated heterocycles. The SMILES string of the molecule is Cc1cccc(-c2c(N)noc2CC2CCCC2)c1. The van der Waals surface area contributed by atoms with Crippen LogP contribution < -0.4 is 5.73 Å². The zero-order valence-electron chi connectivity index (χ0n) is 11.4. The van der Waals surface area contributed by atoms with Crippen LogP contribution in [-0.4, -0.2) is 5.16 Å². The largest absolute Gasteiger partial charge is 0.380 e. The molecule has 1 heterocycles. The summed E-state index contributed by atoms with van der Waals surface area (Å²) in [6.07, 6.45) is 6.25. The molecule has 3 rings (SSSR count). The van der Waals surface area contributed by atoms with Crippen molar-refractivity contribution >= 4 is 5.82 Å². The molecule has 0 atom stereocenters. The van der Waals surface area contributed by atoms with Gasteiger partial charge in [0.15, 0.2) is 5.82 Å². The number of aryl methyl sites for hydroxylation is 1. The Labute approximate surface area is 113 Å². The van der Waals surface area contributed by atoms with Crippen LogP contribution in [0.4, 0.5) is 5.82 Å². The molecule has 1 aliphatic rings. The van der Waals surface area contributed by atoms with Gasteiger partial charge in [-0.2, -0.15) is 0 Å². The van der Waals surface area contributed by atoms with Gasteiger partial charge in [0.05, 0.1) is 5.56 Å². The van der Waals surface area contributed by atoms with Crippen molar-refractivity contribution in [1.82, 2.24) is 5.16 Å². The van der Waals surface area contributed by atoms with Crippen molar-refractivity contribution in [3.05, 3.63) is 35.6 Å². The van der Waals surface area contributed by atoms with E-state index in [0.29, 0.717) is 5.82 Å². The van der Waals surface area contributed by atoms with Crippen molar-refractivity contribution in [3.8, 4) is 11.1 Å². The standard InChI is InChI=1S/C16H20N2O/c1-11-5-4-8-13(9-11)15-14(19-18-16(15)17)10-12-6-2-3-7-12/h4-5,8-9,12H,2-3,6-7,10H2,1H3,(H2,17,18). The number of hydrogen-bond donors (Lipinski definition) is 1. The molecule has 1 fully saturated rings. The molecule has 0 bridgehead atoms. The molecule has 0 unspecified atom stereocenters. The van der Waals surface area contributed by atoms with Crippen molar-refractivity contribution < 1.29 is 4.52 Å². The van der Waals surface area contributed by atoms with E-state index in [1.54, 1.807) is 0 Å². The van der Waals surface area contributed by atoms with E-state index in [4.69, 9.17) is 10.3 Å². The second kappa shape index (κ2) is 5.08. The van der Waals surface area contributed by atoms with E-state index in [0.717, 1.165) is 29.2 Å². The van der Waals surface area contributed by atoms with Gasteiger partial charge in [-0.05, 0) is 18.4 Å². The van der Waals surface area contributed by atoms with Crippen molar-refractivity contribution in [2.45, 2.75) is 39.0 Å². The third-order valence-electron chi connectivity index (χ3n) is 4.04. The average Bonchev–Trinajstić information content (AvgIpc) is 3.00. The summed E-state index contributed by atoms with van der Waals surface area (Å²) in [6.45, 7) is 2.09. The minimum atomic E-state index is 0.513. The van der Waals surface area contributed by atoms with Crippen molar-refractivity contribution in [2.75, 3.05) is 5.73 Å². The Bertz CT molecular complexity index is 568. The fraction of sp³-hybridized carbons (Fsp3) is 0.438. The van der Waals surface area contributed by atoms with Gasteiger partial charge >= 0.3 is 0 Å². The lowest BCUT2D eigenvalue weighted by atomic mass is 9.96. The molecule has 0 aliphatic heterocycles. The van der Waals surface area contributed by atoms with Gasteiger partial charge in [0, 0.05) is 6.42 Å². The number of nitrogen functional groups attached to an aromatic ring is 1. The normalized spacial score (nSPS) is 16.1. The summed E-state index contributed by atoms with van der Waals surface area (Å²) < 4.78 is 5.48. The lowest BCUT2D eigenvalue weighted by molar-refractivity contribution is 0.362. The van der Waals surface area contributed by atoms with E-state index < -0.39 is 0 Å². The van der Waals surface area contributed by atoms with Gasteiger partial charge in [-0.15, -0.1) is 0 Å². The highest BCUT2D eigenvalue weighted by atomic mass is 16.5. The first-order valence-corrected chi connectivity index (χ1v) is 7.05. The molecule has 3 heteroatoms. The van der Waals surface area contributed by atoms with E-state index in [1.165, 1.54) is 31.2 Å². The van der Waals surface area contributed by atoms with Crippen molar-refractivity contribution in [2.24, 2.45) is 5.92 Å². The van der Waals surface area contributed by atoms with E-state index in [-0.39, 0.29) is 0 Å². The second-order valence-electron chi connectivity index (χ2n) is 5.59. The van der Waals surface area contributed by atoms with Crippen LogP contribution in [0.25, 0.3) is 11.1 Å². The Morgan fingerprint density at radius 1 is 1.32 bits per heavy atom. The first-order valence-electron chi connectivity index (χ1n) is 7.05. The quantitative estimate of drug-likeness (QED) is 0.904. The molecule has 3 nitrogen and oxygen atoms in total. The lowest BCUT2D eigenvalue weighted by Gasteiger charge is -2.08. The molecule has 100 valence electrons. The molecule has 0 spiro atoms. The topological polar surface area (TPSA) is 52.0 Å². The van der Waals surface area contributed by atoms with Crippen LogP contribution >= 0.6 is 0 Å². The second-order valence-corrected chi connectivity index (χ2v) is 5.59. The minimum absolute atomic E-state index is 0.513. The molecule has 1 saturated carbocycles. The van der Waals surface area contributed by atoms with Crippen LogP contribution in [0.1, 0.15) is 37.0 Å². The van der Waals surface area contributed by atoms with E-state index in [2.05, 4.69) is 36.3 Å². The van der Waals surface area contributed by atoms with Crippen molar-refractivity contribution in [3.63, 3.8) is 0 Å². The number of nitrogens with two attached hydrogens (primary N) is 1. The third-order valence-corrected chi connectivity index (χ3v) is 4.04. The Morgan fingerprint density at radius 2 is 2.11 bits per heavy atom. The molecule has 0 radical (unpaired) electrons. The highest BCUT2D eigenvalue weighted by Crippen LogP contribution is 2.35. The maximum absolute atomic E-state index is 5.99. The first-order chi connectivity index (χ1) is 9.24. The summed E-state index contributed by atoms with van der Waals surface area (Å²) >= 11 is 0. The van der Waals surface area contributed by atoms with Crippen LogP contribution in [0.5, 0.6) is 0 Å². The van der Waals surface area contributed by atoms with E-state index in [9.17, 15) is 0 Å². The molecule has 2 N–H and O–H groups in total.